The molecule has 1 aromatic carbocycles. The van der Waals surface area contributed by atoms with E-state index in [1.807, 2.05) is 12.4 Å². The van der Waals surface area contributed by atoms with Crippen molar-refractivity contribution in [2.24, 2.45) is 0 Å². The van der Waals surface area contributed by atoms with Crippen molar-refractivity contribution in [1.29, 1.82) is 0 Å². The van der Waals surface area contributed by atoms with Crippen LogP contribution in [0.1, 0.15) is 23.7 Å². The third-order valence-electron chi connectivity index (χ3n) is 3.57. The van der Waals surface area contributed by atoms with Crippen LogP contribution in [0.3, 0.4) is 0 Å². The minimum Gasteiger partial charge on any atom is -0.496 e. The van der Waals surface area contributed by atoms with Crippen molar-refractivity contribution in [1.82, 2.24) is 9.55 Å². The molecule has 1 unspecified atom stereocenters. The first-order valence-corrected chi connectivity index (χ1v) is 6.11. The van der Waals surface area contributed by atoms with Gasteiger partial charge in [-0.1, -0.05) is 0 Å². The Morgan fingerprint density at radius 3 is 3.17 bits per heavy atom. The van der Waals surface area contributed by atoms with E-state index < -0.39 is 0 Å². The maximum absolute atomic E-state index is 13.4. The van der Waals surface area contributed by atoms with Gasteiger partial charge in [0.1, 0.15) is 17.4 Å². The maximum atomic E-state index is 13.4. The molecule has 1 atom stereocenters. The highest BCUT2D eigenvalue weighted by Crippen LogP contribution is 2.34. The first kappa shape index (κ1) is 11.3. The van der Waals surface area contributed by atoms with E-state index in [9.17, 15) is 4.39 Å². The van der Waals surface area contributed by atoms with Gasteiger partial charge in [0, 0.05) is 36.8 Å². The van der Waals surface area contributed by atoms with Gasteiger partial charge in [-0.05, 0) is 24.6 Å². The first-order valence-electron chi connectivity index (χ1n) is 6.11. The van der Waals surface area contributed by atoms with E-state index in [1.54, 1.807) is 19.2 Å². The molecular weight excluding hydrogens is 231 g/mol. The second-order valence-electron chi connectivity index (χ2n) is 4.62. The van der Waals surface area contributed by atoms with Crippen LogP contribution in [0.25, 0.3) is 0 Å². The molecule has 0 saturated heterocycles. The summed E-state index contributed by atoms with van der Waals surface area (Å²) in [5.74, 6) is 1.96. The van der Waals surface area contributed by atoms with E-state index in [2.05, 4.69) is 9.55 Å². The summed E-state index contributed by atoms with van der Waals surface area (Å²) < 4.78 is 20.9. The van der Waals surface area contributed by atoms with Gasteiger partial charge in [-0.15, -0.1) is 0 Å². The number of hydrogen-bond donors (Lipinski definition) is 0. The molecule has 18 heavy (non-hydrogen) atoms. The summed E-state index contributed by atoms with van der Waals surface area (Å²) in [6.07, 6.45) is 5.71. The molecule has 2 aromatic rings. The average molecular weight is 246 g/mol. The van der Waals surface area contributed by atoms with Crippen molar-refractivity contribution in [2.75, 3.05) is 7.11 Å². The number of benzene rings is 1. The van der Waals surface area contributed by atoms with Crippen LogP contribution >= 0.6 is 0 Å². The number of nitrogens with zero attached hydrogens (tertiary/aromatic N) is 2. The van der Waals surface area contributed by atoms with Crippen LogP contribution in [0.15, 0.2) is 30.6 Å². The van der Waals surface area contributed by atoms with Crippen LogP contribution in [-0.2, 0) is 13.0 Å². The molecule has 2 heterocycles. The average Bonchev–Trinajstić information content (AvgIpc) is 2.85. The summed E-state index contributed by atoms with van der Waals surface area (Å²) in [7, 11) is 1.63. The van der Waals surface area contributed by atoms with Crippen LogP contribution in [0, 0.1) is 5.82 Å². The molecule has 94 valence electrons. The molecule has 0 aliphatic carbocycles. The Kier molecular flexibility index (Phi) is 2.78. The maximum Gasteiger partial charge on any atom is 0.123 e. The Morgan fingerprint density at radius 2 is 2.33 bits per heavy atom. The molecule has 1 aliphatic rings. The number of imidazole rings is 1. The lowest BCUT2D eigenvalue weighted by Gasteiger charge is -2.25. The highest BCUT2D eigenvalue weighted by Gasteiger charge is 2.23. The number of aromatic nitrogens is 2. The van der Waals surface area contributed by atoms with Crippen molar-refractivity contribution in [2.45, 2.75) is 25.3 Å². The largest absolute Gasteiger partial charge is 0.496 e. The second kappa shape index (κ2) is 4.44. The molecule has 3 rings (SSSR count). The van der Waals surface area contributed by atoms with Crippen LogP contribution in [-0.4, -0.2) is 16.7 Å². The topological polar surface area (TPSA) is 27.1 Å². The molecule has 3 nitrogen and oxygen atoms in total. The molecule has 0 spiro atoms. The molecule has 1 aliphatic heterocycles. The Balaban J connectivity index is 1.94. The smallest absolute Gasteiger partial charge is 0.123 e. The van der Waals surface area contributed by atoms with Crippen LogP contribution < -0.4 is 4.74 Å². The summed E-state index contributed by atoms with van der Waals surface area (Å²) in [5.41, 5.74) is 0.955. The quantitative estimate of drug-likeness (QED) is 0.814. The summed E-state index contributed by atoms with van der Waals surface area (Å²) in [6.45, 7) is 0.842. The molecule has 0 fully saturated rings. The van der Waals surface area contributed by atoms with E-state index in [4.69, 9.17) is 4.74 Å². The fourth-order valence-corrected chi connectivity index (χ4v) is 2.64. The normalized spacial score (nSPS) is 18.4. The van der Waals surface area contributed by atoms with Crippen LogP contribution in [0.4, 0.5) is 4.39 Å². The molecule has 4 heteroatoms. The zero-order valence-electron chi connectivity index (χ0n) is 10.3. The third kappa shape index (κ3) is 1.88. The first-order chi connectivity index (χ1) is 8.78. The number of ether oxygens (including phenoxy) is 1. The third-order valence-corrected chi connectivity index (χ3v) is 3.57. The molecular formula is C14H15FN2O. The van der Waals surface area contributed by atoms with Gasteiger partial charge in [0.05, 0.1) is 7.11 Å². The van der Waals surface area contributed by atoms with Crippen LogP contribution in [0.2, 0.25) is 0 Å². The SMILES string of the molecule is COc1ccc(F)cc1C1CCc2nccn2C1. The van der Waals surface area contributed by atoms with Crippen LogP contribution in [0.5, 0.6) is 5.75 Å². The lowest BCUT2D eigenvalue weighted by atomic mass is 9.91. The number of methoxy groups -OCH3 is 1. The molecule has 0 N–H and O–H groups in total. The standard InChI is InChI=1S/C14H15FN2O/c1-18-13-4-3-11(15)8-12(13)10-2-5-14-16-6-7-17(14)9-10/h3-4,6-8,10H,2,5,9H2,1H3. The summed E-state index contributed by atoms with van der Waals surface area (Å²) in [6, 6.07) is 4.73. The summed E-state index contributed by atoms with van der Waals surface area (Å²) in [5, 5.41) is 0. The van der Waals surface area contributed by atoms with Gasteiger partial charge in [-0.2, -0.15) is 0 Å². The van der Waals surface area contributed by atoms with Crippen molar-refractivity contribution < 1.29 is 9.13 Å². The van der Waals surface area contributed by atoms with E-state index in [-0.39, 0.29) is 11.7 Å². The molecule has 0 saturated carbocycles. The van der Waals surface area contributed by atoms with Gasteiger partial charge in [0.15, 0.2) is 0 Å². The van der Waals surface area contributed by atoms with E-state index in [0.29, 0.717) is 0 Å². The Bertz CT molecular complexity index is 565. The predicted octanol–water partition coefficient (Wildman–Crippen LogP) is 2.76. The number of fused-ring (bicyclic) bond motifs is 1. The Hall–Kier alpha value is -1.84. The zero-order valence-corrected chi connectivity index (χ0v) is 10.3. The molecule has 1 aromatic heterocycles. The lowest BCUT2D eigenvalue weighted by molar-refractivity contribution is 0.387. The van der Waals surface area contributed by atoms with Gasteiger partial charge in [0.25, 0.3) is 0 Å². The highest BCUT2D eigenvalue weighted by molar-refractivity contribution is 5.37. The Morgan fingerprint density at radius 1 is 1.44 bits per heavy atom. The summed E-state index contributed by atoms with van der Waals surface area (Å²) in [4.78, 5) is 4.30. The van der Waals surface area contributed by atoms with E-state index >= 15 is 0 Å². The summed E-state index contributed by atoms with van der Waals surface area (Å²) >= 11 is 0. The number of hydrogen-bond acceptors (Lipinski definition) is 2. The number of rotatable bonds is 2. The molecule has 0 bridgehead atoms. The van der Waals surface area contributed by atoms with E-state index in [1.165, 1.54) is 6.07 Å². The number of halogens is 1. The van der Waals surface area contributed by atoms with Gasteiger partial charge in [-0.3, -0.25) is 0 Å². The predicted molar refractivity (Wildman–Crippen MR) is 66.2 cm³/mol. The van der Waals surface area contributed by atoms with Gasteiger partial charge in [-0.25, -0.2) is 9.37 Å². The van der Waals surface area contributed by atoms with Crippen molar-refractivity contribution in [3.63, 3.8) is 0 Å². The Labute approximate surface area is 105 Å². The molecule has 0 radical (unpaired) electrons. The fourth-order valence-electron chi connectivity index (χ4n) is 2.64. The monoisotopic (exact) mass is 246 g/mol. The fraction of sp³-hybridized carbons (Fsp3) is 0.357. The van der Waals surface area contributed by atoms with Crippen molar-refractivity contribution >= 4 is 0 Å². The van der Waals surface area contributed by atoms with E-state index in [0.717, 1.165) is 36.5 Å². The zero-order chi connectivity index (χ0) is 12.5. The highest BCUT2D eigenvalue weighted by atomic mass is 19.1. The minimum absolute atomic E-state index is 0.206. The minimum atomic E-state index is -0.206. The van der Waals surface area contributed by atoms with Gasteiger partial charge >= 0.3 is 0 Å². The van der Waals surface area contributed by atoms with Crippen molar-refractivity contribution in [3.8, 4) is 5.75 Å². The van der Waals surface area contributed by atoms with Crippen molar-refractivity contribution in [3.05, 3.63) is 47.8 Å². The lowest BCUT2D eigenvalue weighted by Crippen LogP contribution is -2.19. The van der Waals surface area contributed by atoms with Gasteiger partial charge in [0.2, 0.25) is 0 Å². The molecule has 0 amide bonds. The van der Waals surface area contributed by atoms with Gasteiger partial charge < -0.3 is 9.30 Å². The number of aryl methyl sites for hydroxylation is 1. The second-order valence-corrected chi connectivity index (χ2v) is 4.62.